The molecule has 7 heteroatoms. The van der Waals surface area contributed by atoms with Gasteiger partial charge in [0.1, 0.15) is 6.54 Å². The monoisotopic (exact) mass is 337 g/mol. The van der Waals surface area contributed by atoms with Gasteiger partial charge in [-0.05, 0) is 13.8 Å². The van der Waals surface area contributed by atoms with Crippen LogP contribution in [0.1, 0.15) is 20.3 Å². The van der Waals surface area contributed by atoms with Gasteiger partial charge in [-0.1, -0.05) is 0 Å². The van der Waals surface area contributed by atoms with Crippen molar-refractivity contribution in [2.45, 2.75) is 20.3 Å². The first-order valence-electron chi connectivity index (χ1n) is 8.12. The number of carbonyl (C=O) groups is 1. The normalized spacial score (nSPS) is 11.0. The van der Waals surface area contributed by atoms with Crippen LogP contribution in [-0.4, -0.2) is 91.0 Å². The van der Waals surface area contributed by atoms with Crippen molar-refractivity contribution in [3.05, 3.63) is 0 Å². The number of carboxylic acid groups (broad SMARTS) is 1. The zero-order chi connectivity index (χ0) is 18.0. The molecular formula is C16H35NO6. The second-order valence-corrected chi connectivity index (χ2v) is 5.31. The molecule has 0 saturated heterocycles. The second-order valence-electron chi connectivity index (χ2n) is 5.31. The lowest BCUT2D eigenvalue weighted by Gasteiger charge is -2.31. The largest absolute Gasteiger partial charge is 0.550 e. The number of nitrogens with zero attached hydrogens (tertiary/aromatic N) is 1. The molecule has 0 bridgehead atoms. The Hall–Kier alpha value is -0.730. The lowest BCUT2D eigenvalue weighted by Crippen LogP contribution is -2.45. The molecule has 0 N–H and O–H groups in total. The SMILES string of the molecule is CC[N+](C)(CC)CCOC.COCCOCCOCCC(=O)[O-]. The summed E-state index contributed by atoms with van der Waals surface area (Å²) in [7, 11) is 5.62. The van der Waals surface area contributed by atoms with Gasteiger partial charge in [-0.3, -0.25) is 0 Å². The first kappa shape index (κ1) is 24.5. The molecule has 0 radical (unpaired) electrons. The van der Waals surface area contributed by atoms with E-state index < -0.39 is 5.97 Å². The molecular weight excluding hydrogens is 302 g/mol. The van der Waals surface area contributed by atoms with Crippen LogP contribution in [0, 0.1) is 0 Å². The number of ether oxygens (including phenoxy) is 4. The van der Waals surface area contributed by atoms with Crippen LogP contribution in [0.25, 0.3) is 0 Å². The van der Waals surface area contributed by atoms with Crippen molar-refractivity contribution in [3.8, 4) is 0 Å². The summed E-state index contributed by atoms with van der Waals surface area (Å²) in [4.78, 5) is 9.93. The van der Waals surface area contributed by atoms with Crippen LogP contribution in [0.5, 0.6) is 0 Å². The number of hydrogen-bond donors (Lipinski definition) is 0. The van der Waals surface area contributed by atoms with Gasteiger partial charge < -0.3 is 33.3 Å². The molecule has 0 aliphatic heterocycles. The molecule has 7 nitrogen and oxygen atoms in total. The smallest absolute Gasteiger partial charge is 0.102 e. The first-order chi connectivity index (χ1) is 11.0. The topological polar surface area (TPSA) is 77.0 Å². The zero-order valence-electron chi connectivity index (χ0n) is 15.5. The highest BCUT2D eigenvalue weighted by atomic mass is 16.5. The molecule has 0 aromatic rings. The number of methoxy groups -OCH3 is 2. The third-order valence-electron chi connectivity index (χ3n) is 3.62. The van der Waals surface area contributed by atoms with Crippen LogP contribution in [0.4, 0.5) is 0 Å². The van der Waals surface area contributed by atoms with Crippen LogP contribution < -0.4 is 5.11 Å². The molecule has 0 fully saturated rings. The maximum Gasteiger partial charge on any atom is 0.102 e. The van der Waals surface area contributed by atoms with E-state index in [1.54, 1.807) is 14.2 Å². The van der Waals surface area contributed by atoms with Crippen LogP contribution in [0.2, 0.25) is 0 Å². The third-order valence-corrected chi connectivity index (χ3v) is 3.62. The van der Waals surface area contributed by atoms with Crippen LogP contribution in [-0.2, 0) is 23.7 Å². The molecule has 0 saturated carbocycles. The van der Waals surface area contributed by atoms with Gasteiger partial charge in [0.2, 0.25) is 0 Å². The standard InChI is InChI=1S/C8H20NO.C8H16O5/c1-5-9(3,6-2)7-8-10-4;1-11-4-5-13-7-6-12-3-2-8(9)10/h5-8H2,1-4H3;2-7H2,1H3,(H,9,10)/q+1;/p-1. The molecule has 0 aromatic heterocycles. The highest BCUT2D eigenvalue weighted by Crippen LogP contribution is 1.99. The van der Waals surface area contributed by atoms with Gasteiger partial charge in [0, 0.05) is 26.6 Å². The Morgan fingerprint density at radius 3 is 1.78 bits per heavy atom. The molecule has 0 unspecified atom stereocenters. The van der Waals surface area contributed by atoms with Gasteiger partial charge in [-0.15, -0.1) is 0 Å². The lowest BCUT2D eigenvalue weighted by molar-refractivity contribution is -0.906. The van der Waals surface area contributed by atoms with E-state index in [0.717, 1.165) is 17.6 Å². The molecule has 0 amide bonds. The molecule has 0 spiro atoms. The molecule has 0 atom stereocenters. The fraction of sp³-hybridized carbons (Fsp3) is 0.938. The minimum atomic E-state index is -1.10. The van der Waals surface area contributed by atoms with Crippen LogP contribution in [0.3, 0.4) is 0 Å². The van der Waals surface area contributed by atoms with Crippen LogP contribution >= 0.6 is 0 Å². The second kappa shape index (κ2) is 17.6. The van der Waals surface area contributed by atoms with E-state index in [-0.39, 0.29) is 13.0 Å². The van der Waals surface area contributed by atoms with E-state index in [1.807, 2.05) is 0 Å². The number of carboxylic acids is 1. The summed E-state index contributed by atoms with van der Waals surface area (Å²) in [5.41, 5.74) is 0. The molecule has 0 rings (SSSR count). The minimum absolute atomic E-state index is 0.0714. The van der Waals surface area contributed by atoms with Gasteiger partial charge in [0.05, 0.1) is 59.8 Å². The summed E-state index contributed by atoms with van der Waals surface area (Å²) in [6, 6.07) is 0. The Bertz CT molecular complexity index is 259. The average molecular weight is 337 g/mol. The molecule has 23 heavy (non-hydrogen) atoms. The predicted octanol–water partition coefficient (Wildman–Crippen LogP) is -0.0748. The summed E-state index contributed by atoms with van der Waals surface area (Å²) >= 11 is 0. The highest BCUT2D eigenvalue weighted by Gasteiger charge is 2.14. The summed E-state index contributed by atoms with van der Waals surface area (Å²) in [6.07, 6.45) is -0.0714. The summed E-state index contributed by atoms with van der Waals surface area (Å²) in [5, 5.41) is 9.93. The van der Waals surface area contributed by atoms with Gasteiger partial charge in [-0.2, -0.15) is 0 Å². The number of likely N-dealkylation sites (N-methyl/N-ethyl adjacent to an activating group) is 1. The summed E-state index contributed by atoms with van der Waals surface area (Å²) in [5.74, 6) is -1.10. The molecule has 0 aliphatic rings. The molecule has 0 aliphatic carbocycles. The van der Waals surface area contributed by atoms with E-state index in [4.69, 9.17) is 18.9 Å². The molecule has 140 valence electrons. The van der Waals surface area contributed by atoms with Crippen molar-refractivity contribution in [2.75, 3.05) is 80.5 Å². The van der Waals surface area contributed by atoms with Crippen molar-refractivity contribution in [3.63, 3.8) is 0 Å². The van der Waals surface area contributed by atoms with E-state index in [1.165, 1.54) is 13.1 Å². The fourth-order valence-electron chi connectivity index (χ4n) is 1.47. The molecule has 0 aromatic carbocycles. The maximum absolute atomic E-state index is 9.93. The number of hydrogen-bond acceptors (Lipinski definition) is 6. The lowest BCUT2D eigenvalue weighted by atomic mass is 10.4. The Balaban J connectivity index is 0. The first-order valence-corrected chi connectivity index (χ1v) is 8.12. The van der Waals surface area contributed by atoms with Gasteiger partial charge >= 0.3 is 0 Å². The van der Waals surface area contributed by atoms with Crippen molar-refractivity contribution in [1.29, 1.82) is 0 Å². The summed E-state index contributed by atoms with van der Waals surface area (Å²) in [6.45, 7) is 10.9. The number of rotatable bonds is 14. The van der Waals surface area contributed by atoms with Gasteiger partial charge in [-0.25, -0.2) is 0 Å². The van der Waals surface area contributed by atoms with E-state index >= 15 is 0 Å². The third kappa shape index (κ3) is 19.2. The van der Waals surface area contributed by atoms with Crippen molar-refractivity contribution >= 4 is 5.97 Å². The Morgan fingerprint density at radius 1 is 0.870 bits per heavy atom. The van der Waals surface area contributed by atoms with Crippen molar-refractivity contribution in [2.24, 2.45) is 0 Å². The number of quaternary nitrogens is 1. The highest BCUT2D eigenvalue weighted by molar-refractivity contribution is 5.64. The average Bonchev–Trinajstić information content (AvgIpc) is 2.55. The molecule has 0 heterocycles. The van der Waals surface area contributed by atoms with Gasteiger partial charge in [0.25, 0.3) is 0 Å². The van der Waals surface area contributed by atoms with Crippen LogP contribution in [0.15, 0.2) is 0 Å². The van der Waals surface area contributed by atoms with Crippen molar-refractivity contribution in [1.82, 2.24) is 0 Å². The Labute approximate surface area is 141 Å². The maximum atomic E-state index is 9.93. The quantitative estimate of drug-likeness (QED) is 0.326. The van der Waals surface area contributed by atoms with E-state index in [0.29, 0.717) is 26.4 Å². The van der Waals surface area contributed by atoms with E-state index in [9.17, 15) is 9.90 Å². The van der Waals surface area contributed by atoms with Crippen molar-refractivity contribution < 1.29 is 33.3 Å². The zero-order valence-corrected chi connectivity index (χ0v) is 15.5. The Morgan fingerprint density at radius 2 is 1.35 bits per heavy atom. The Kier molecular flexibility index (Phi) is 18.8. The summed E-state index contributed by atoms with van der Waals surface area (Å²) < 4.78 is 20.9. The fourth-order valence-corrected chi connectivity index (χ4v) is 1.47. The van der Waals surface area contributed by atoms with Gasteiger partial charge in [0.15, 0.2) is 0 Å². The van der Waals surface area contributed by atoms with E-state index in [2.05, 4.69) is 20.9 Å². The minimum Gasteiger partial charge on any atom is -0.550 e. The number of aliphatic carboxylic acids is 1. The number of carbonyl (C=O) groups excluding carboxylic acids is 1. The predicted molar refractivity (Wildman–Crippen MR) is 87.1 cm³/mol.